The van der Waals surface area contributed by atoms with Gasteiger partial charge in [-0.05, 0) is 31.2 Å². The van der Waals surface area contributed by atoms with Gasteiger partial charge < -0.3 is 5.11 Å². The van der Waals surface area contributed by atoms with Gasteiger partial charge in [0.1, 0.15) is 0 Å². The lowest BCUT2D eigenvalue weighted by molar-refractivity contribution is 0.151. The van der Waals surface area contributed by atoms with E-state index < -0.39 is 0 Å². The minimum Gasteiger partial charge on any atom is -0.392 e. The van der Waals surface area contributed by atoms with Crippen molar-refractivity contribution in [1.82, 2.24) is 9.78 Å². The van der Waals surface area contributed by atoms with E-state index in [0.717, 1.165) is 18.5 Å². The predicted octanol–water partition coefficient (Wildman–Crippen LogP) is 1.22. The Hall–Kier alpha value is -0.830. The van der Waals surface area contributed by atoms with E-state index in [0.29, 0.717) is 5.92 Å². The van der Waals surface area contributed by atoms with Crippen LogP contribution in [0.2, 0.25) is 0 Å². The largest absolute Gasteiger partial charge is 0.392 e. The van der Waals surface area contributed by atoms with Crippen LogP contribution in [0, 0.1) is 5.92 Å². The lowest BCUT2D eigenvalue weighted by Gasteiger charge is -2.05. The van der Waals surface area contributed by atoms with Gasteiger partial charge in [-0.15, -0.1) is 0 Å². The average molecular weight is 180 g/mol. The fourth-order valence-corrected chi connectivity index (χ4v) is 1.57. The van der Waals surface area contributed by atoms with Gasteiger partial charge in [-0.1, -0.05) is 0 Å². The van der Waals surface area contributed by atoms with E-state index in [4.69, 9.17) is 0 Å². The van der Waals surface area contributed by atoms with Crippen LogP contribution in [0.3, 0.4) is 0 Å². The SMILES string of the molecule is CCn1cc(CC(O)C2CC2)cn1. The number of nitrogens with zero attached hydrogens (tertiary/aromatic N) is 2. The van der Waals surface area contributed by atoms with Crippen molar-refractivity contribution in [3.63, 3.8) is 0 Å². The highest BCUT2D eigenvalue weighted by Crippen LogP contribution is 2.33. The van der Waals surface area contributed by atoms with Gasteiger partial charge in [0.05, 0.1) is 12.3 Å². The summed E-state index contributed by atoms with van der Waals surface area (Å²) in [4.78, 5) is 0. The minimum atomic E-state index is -0.144. The van der Waals surface area contributed by atoms with Gasteiger partial charge in [-0.3, -0.25) is 4.68 Å². The molecule has 0 spiro atoms. The fourth-order valence-electron chi connectivity index (χ4n) is 1.57. The number of hydrogen-bond acceptors (Lipinski definition) is 2. The van der Waals surface area contributed by atoms with Crippen LogP contribution < -0.4 is 0 Å². The highest BCUT2D eigenvalue weighted by molar-refractivity contribution is 5.06. The van der Waals surface area contributed by atoms with Crippen molar-refractivity contribution in [2.45, 2.75) is 38.8 Å². The first-order valence-corrected chi connectivity index (χ1v) is 4.99. The molecule has 1 heterocycles. The van der Waals surface area contributed by atoms with Crippen LogP contribution in [0.25, 0.3) is 0 Å². The Morgan fingerprint density at radius 1 is 1.69 bits per heavy atom. The molecule has 13 heavy (non-hydrogen) atoms. The minimum absolute atomic E-state index is 0.144. The van der Waals surface area contributed by atoms with Gasteiger partial charge >= 0.3 is 0 Å². The fraction of sp³-hybridized carbons (Fsp3) is 0.700. The first-order valence-electron chi connectivity index (χ1n) is 4.99. The number of aliphatic hydroxyl groups is 1. The Balaban J connectivity index is 1.92. The zero-order valence-electron chi connectivity index (χ0n) is 7.98. The zero-order valence-corrected chi connectivity index (χ0v) is 7.98. The van der Waals surface area contributed by atoms with Crippen molar-refractivity contribution in [1.29, 1.82) is 0 Å². The summed E-state index contributed by atoms with van der Waals surface area (Å²) in [5.74, 6) is 0.560. The summed E-state index contributed by atoms with van der Waals surface area (Å²) in [6, 6.07) is 0. The summed E-state index contributed by atoms with van der Waals surface area (Å²) >= 11 is 0. The topological polar surface area (TPSA) is 38.0 Å². The second-order valence-corrected chi connectivity index (χ2v) is 3.81. The molecule has 2 rings (SSSR count). The molecule has 1 aliphatic carbocycles. The van der Waals surface area contributed by atoms with Crippen molar-refractivity contribution < 1.29 is 5.11 Å². The lowest BCUT2D eigenvalue weighted by Crippen LogP contribution is -2.12. The number of rotatable bonds is 4. The molecule has 0 aromatic carbocycles. The van der Waals surface area contributed by atoms with Crippen molar-refractivity contribution in [3.05, 3.63) is 18.0 Å². The van der Waals surface area contributed by atoms with Gasteiger partial charge in [-0.2, -0.15) is 5.10 Å². The van der Waals surface area contributed by atoms with Crippen LogP contribution in [0.15, 0.2) is 12.4 Å². The molecule has 72 valence electrons. The molecular formula is C10H16N2O. The molecule has 0 radical (unpaired) electrons. The van der Waals surface area contributed by atoms with Crippen LogP contribution in [-0.2, 0) is 13.0 Å². The van der Waals surface area contributed by atoms with Gasteiger partial charge in [0, 0.05) is 19.2 Å². The van der Waals surface area contributed by atoms with E-state index in [1.54, 1.807) is 0 Å². The molecule has 1 unspecified atom stereocenters. The van der Waals surface area contributed by atoms with Crippen LogP contribution in [0.4, 0.5) is 0 Å². The van der Waals surface area contributed by atoms with Gasteiger partial charge in [-0.25, -0.2) is 0 Å². The number of aromatic nitrogens is 2. The Morgan fingerprint density at radius 2 is 2.46 bits per heavy atom. The second kappa shape index (κ2) is 3.50. The van der Waals surface area contributed by atoms with Crippen molar-refractivity contribution in [3.8, 4) is 0 Å². The Kier molecular flexibility index (Phi) is 2.36. The first kappa shape index (κ1) is 8.75. The summed E-state index contributed by atoms with van der Waals surface area (Å²) in [5.41, 5.74) is 1.15. The van der Waals surface area contributed by atoms with E-state index >= 15 is 0 Å². The molecule has 1 aromatic heterocycles. The first-order chi connectivity index (χ1) is 6.29. The third kappa shape index (κ3) is 2.10. The van der Waals surface area contributed by atoms with Crippen LogP contribution in [0.1, 0.15) is 25.3 Å². The maximum absolute atomic E-state index is 9.69. The predicted molar refractivity (Wildman–Crippen MR) is 50.3 cm³/mol. The highest BCUT2D eigenvalue weighted by atomic mass is 16.3. The molecule has 1 N–H and O–H groups in total. The Morgan fingerprint density at radius 3 is 3.00 bits per heavy atom. The van der Waals surface area contributed by atoms with Crippen molar-refractivity contribution >= 4 is 0 Å². The van der Waals surface area contributed by atoms with E-state index in [-0.39, 0.29) is 6.10 Å². The standard InChI is InChI=1S/C10H16N2O/c1-2-12-7-8(6-11-12)5-10(13)9-3-4-9/h6-7,9-10,13H,2-5H2,1H3. The monoisotopic (exact) mass is 180 g/mol. The van der Waals surface area contributed by atoms with E-state index in [9.17, 15) is 5.11 Å². The molecule has 3 nitrogen and oxygen atoms in total. The Labute approximate surface area is 78.4 Å². The third-order valence-electron chi connectivity index (χ3n) is 2.62. The van der Waals surface area contributed by atoms with Gasteiger partial charge in [0.25, 0.3) is 0 Å². The van der Waals surface area contributed by atoms with Crippen LogP contribution in [-0.4, -0.2) is 21.0 Å². The zero-order chi connectivity index (χ0) is 9.26. The maximum Gasteiger partial charge on any atom is 0.0609 e. The normalized spacial score (nSPS) is 18.9. The summed E-state index contributed by atoms with van der Waals surface area (Å²) in [6.07, 6.45) is 6.90. The molecule has 0 saturated heterocycles. The molecule has 0 aliphatic heterocycles. The Bertz CT molecular complexity index is 278. The smallest absolute Gasteiger partial charge is 0.0609 e. The number of aliphatic hydroxyl groups excluding tert-OH is 1. The molecule has 1 aromatic rings. The van der Waals surface area contributed by atoms with E-state index in [1.807, 2.05) is 17.1 Å². The number of hydrogen-bond donors (Lipinski definition) is 1. The number of aryl methyl sites for hydroxylation is 1. The van der Waals surface area contributed by atoms with Crippen molar-refractivity contribution in [2.75, 3.05) is 0 Å². The summed E-state index contributed by atoms with van der Waals surface area (Å²) < 4.78 is 1.90. The van der Waals surface area contributed by atoms with Crippen LogP contribution >= 0.6 is 0 Å². The summed E-state index contributed by atoms with van der Waals surface area (Å²) in [5, 5.41) is 13.9. The maximum atomic E-state index is 9.69. The van der Waals surface area contributed by atoms with E-state index in [2.05, 4.69) is 12.0 Å². The summed E-state index contributed by atoms with van der Waals surface area (Å²) in [7, 11) is 0. The molecule has 1 aliphatic rings. The molecule has 0 amide bonds. The quantitative estimate of drug-likeness (QED) is 0.756. The molecule has 1 fully saturated rings. The molecule has 1 atom stereocenters. The lowest BCUT2D eigenvalue weighted by atomic mass is 10.1. The molecule has 0 bridgehead atoms. The molecular weight excluding hydrogens is 164 g/mol. The average Bonchev–Trinajstić information content (AvgIpc) is 2.88. The van der Waals surface area contributed by atoms with Gasteiger partial charge in [0.15, 0.2) is 0 Å². The molecule has 1 saturated carbocycles. The second-order valence-electron chi connectivity index (χ2n) is 3.81. The summed E-state index contributed by atoms with van der Waals surface area (Å²) in [6.45, 7) is 2.97. The van der Waals surface area contributed by atoms with Crippen molar-refractivity contribution in [2.24, 2.45) is 5.92 Å². The van der Waals surface area contributed by atoms with Crippen LogP contribution in [0.5, 0.6) is 0 Å². The molecule has 3 heteroatoms. The third-order valence-corrected chi connectivity index (χ3v) is 2.62. The highest BCUT2D eigenvalue weighted by Gasteiger charge is 2.29. The van der Waals surface area contributed by atoms with Gasteiger partial charge in [0.2, 0.25) is 0 Å². The van der Waals surface area contributed by atoms with E-state index in [1.165, 1.54) is 12.8 Å².